The molecule has 1 unspecified atom stereocenters. The number of methoxy groups -OCH3 is 1. The number of piperazine rings is 1. The summed E-state index contributed by atoms with van der Waals surface area (Å²) in [6.45, 7) is 6.61. The number of nitrogens with one attached hydrogen (secondary N) is 1. The van der Waals surface area contributed by atoms with Gasteiger partial charge in [0.05, 0.1) is 0 Å². The summed E-state index contributed by atoms with van der Waals surface area (Å²) in [6, 6.07) is -0.377. The number of nitrogens with zero attached hydrogens (tertiary/aromatic N) is 1. The molecule has 17 heavy (non-hydrogen) atoms. The highest BCUT2D eigenvalue weighted by molar-refractivity contribution is 5.99. The fourth-order valence-electron chi connectivity index (χ4n) is 2.02. The lowest BCUT2D eigenvalue weighted by atomic mass is 9.94. The summed E-state index contributed by atoms with van der Waals surface area (Å²) in [5, 5.41) is 2.77. The van der Waals surface area contributed by atoms with Crippen molar-refractivity contribution in [2.45, 2.75) is 45.2 Å². The van der Waals surface area contributed by atoms with E-state index in [0.29, 0.717) is 19.6 Å². The number of carbonyl (C=O) groups excluding carboxylic acids is 2. The van der Waals surface area contributed by atoms with Crippen molar-refractivity contribution in [3.05, 3.63) is 0 Å². The number of amides is 2. The summed E-state index contributed by atoms with van der Waals surface area (Å²) in [7, 11) is 1.63. The molecule has 1 saturated heterocycles. The maximum Gasteiger partial charge on any atom is 0.246 e. The van der Waals surface area contributed by atoms with Gasteiger partial charge in [0.25, 0.3) is 0 Å². The van der Waals surface area contributed by atoms with Crippen molar-refractivity contribution in [3.63, 3.8) is 0 Å². The molecule has 1 rings (SSSR count). The third kappa shape index (κ3) is 2.77. The molecule has 1 aliphatic rings. The molecule has 0 radical (unpaired) electrons. The van der Waals surface area contributed by atoms with Gasteiger partial charge in [-0.3, -0.25) is 9.59 Å². The molecular formula is C12H22N2O3. The first-order valence-corrected chi connectivity index (χ1v) is 6.06. The fraction of sp³-hybridized carbons (Fsp3) is 0.833. The van der Waals surface area contributed by atoms with Crippen LogP contribution in [0, 0.1) is 0 Å². The Morgan fingerprint density at radius 1 is 1.41 bits per heavy atom. The van der Waals surface area contributed by atoms with E-state index in [1.165, 1.54) is 0 Å². The Kier molecular flexibility index (Phi) is 4.51. The molecule has 1 atom stereocenters. The maximum absolute atomic E-state index is 12.2. The fourth-order valence-corrected chi connectivity index (χ4v) is 2.02. The average molecular weight is 242 g/mol. The SMILES string of the molecule is CCC1NC(=O)C(C)(C)N(CCCOC)C1=O. The summed E-state index contributed by atoms with van der Waals surface area (Å²) in [6.07, 6.45) is 1.37. The van der Waals surface area contributed by atoms with E-state index in [-0.39, 0.29) is 17.9 Å². The van der Waals surface area contributed by atoms with Gasteiger partial charge in [-0.25, -0.2) is 0 Å². The summed E-state index contributed by atoms with van der Waals surface area (Å²) >= 11 is 0. The largest absolute Gasteiger partial charge is 0.385 e. The van der Waals surface area contributed by atoms with Crippen molar-refractivity contribution in [2.24, 2.45) is 0 Å². The zero-order chi connectivity index (χ0) is 13.1. The van der Waals surface area contributed by atoms with Crippen molar-refractivity contribution < 1.29 is 14.3 Å². The minimum atomic E-state index is -0.767. The Hall–Kier alpha value is -1.10. The van der Waals surface area contributed by atoms with Gasteiger partial charge in [-0.15, -0.1) is 0 Å². The van der Waals surface area contributed by atoms with E-state index in [2.05, 4.69) is 5.32 Å². The second kappa shape index (κ2) is 5.49. The molecule has 0 aromatic heterocycles. The minimum Gasteiger partial charge on any atom is -0.385 e. The first-order chi connectivity index (χ1) is 7.95. The van der Waals surface area contributed by atoms with Gasteiger partial charge in [0.1, 0.15) is 11.6 Å². The van der Waals surface area contributed by atoms with E-state index in [9.17, 15) is 9.59 Å². The van der Waals surface area contributed by atoms with E-state index in [1.54, 1.807) is 25.9 Å². The van der Waals surface area contributed by atoms with Crippen LogP contribution in [-0.2, 0) is 14.3 Å². The van der Waals surface area contributed by atoms with E-state index in [1.807, 2.05) is 6.92 Å². The van der Waals surface area contributed by atoms with Gasteiger partial charge in [0.15, 0.2) is 0 Å². The third-order valence-corrected chi connectivity index (χ3v) is 3.24. The van der Waals surface area contributed by atoms with Crippen LogP contribution in [0.5, 0.6) is 0 Å². The van der Waals surface area contributed by atoms with Crippen molar-refractivity contribution in [3.8, 4) is 0 Å². The number of hydrogen-bond acceptors (Lipinski definition) is 3. The number of hydrogen-bond donors (Lipinski definition) is 1. The average Bonchev–Trinajstić information content (AvgIpc) is 2.28. The van der Waals surface area contributed by atoms with Crippen LogP contribution in [-0.4, -0.2) is 48.6 Å². The normalized spacial score (nSPS) is 23.8. The Morgan fingerprint density at radius 3 is 2.59 bits per heavy atom. The Labute approximate surface area is 102 Å². The predicted molar refractivity (Wildman–Crippen MR) is 64.5 cm³/mol. The third-order valence-electron chi connectivity index (χ3n) is 3.24. The first-order valence-electron chi connectivity index (χ1n) is 6.06. The molecule has 0 aromatic rings. The Balaban J connectivity index is 2.79. The molecule has 2 amide bonds. The van der Waals surface area contributed by atoms with Crippen LogP contribution in [0.1, 0.15) is 33.6 Å². The lowest BCUT2D eigenvalue weighted by Gasteiger charge is -2.44. The lowest BCUT2D eigenvalue weighted by molar-refractivity contribution is -0.155. The van der Waals surface area contributed by atoms with E-state index >= 15 is 0 Å². The predicted octanol–water partition coefficient (Wildman–Crippen LogP) is 0.538. The van der Waals surface area contributed by atoms with Crippen molar-refractivity contribution in [2.75, 3.05) is 20.3 Å². The van der Waals surface area contributed by atoms with Crippen LogP contribution in [0.2, 0.25) is 0 Å². The monoisotopic (exact) mass is 242 g/mol. The smallest absolute Gasteiger partial charge is 0.246 e. The van der Waals surface area contributed by atoms with Crippen LogP contribution < -0.4 is 5.32 Å². The van der Waals surface area contributed by atoms with Gasteiger partial charge in [0, 0.05) is 20.3 Å². The minimum absolute atomic E-state index is 0.00760. The maximum atomic E-state index is 12.2. The number of rotatable bonds is 5. The quantitative estimate of drug-likeness (QED) is 0.716. The molecule has 5 nitrogen and oxygen atoms in total. The molecule has 98 valence electrons. The van der Waals surface area contributed by atoms with Gasteiger partial charge in [-0.2, -0.15) is 0 Å². The molecule has 0 spiro atoms. The highest BCUT2D eigenvalue weighted by atomic mass is 16.5. The molecule has 1 aliphatic heterocycles. The first kappa shape index (κ1) is 14.0. The van der Waals surface area contributed by atoms with Crippen molar-refractivity contribution >= 4 is 11.8 Å². The summed E-state index contributed by atoms with van der Waals surface area (Å²) in [4.78, 5) is 25.8. The van der Waals surface area contributed by atoms with Crippen LogP contribution in [0.4, 0.5) is 0 Å². The van der Waals surface area contributed by atoms with Crippen LogP contribution in [0.25, 0.3) is 0 Å². The van der Waals surface area contributed by atoms with Crippen LogP contribution in [0.3, 0.4) is 0 Å². The number of ether oxygens (including phenoxy) is 1. The molecule has 1 heterocycles. The van der Waals surface area contributed by atoms with Gasteiger partial charge in [-0.05, 0) is 26.7 Å². The molecule has 1 N–H and O–H groups in total. The van der Waals surface area contributed by atoms with Gasteiger partial charge in [0.2, 0.25) is 11.8 Å². The lowest BCUT2D eigenvalue weighted by Crippen LogP contribution is -2.68. The highest BCUT2D eigenvalue weighted by Crippen LogP contribution is 2.22. The second-order valence-corrected chi connectivity index (χ2v) is 4.83. The van der Waals surface area contributed by atoms with Gasteiger partial charge < -0.3 is 15.0 Å². The molecule has 0 aliphatic carbocycles. The van der Waals surface area contributed by atoms with E-state index < -0.39 is 5.54 Å². The summed E-state index contributed by atoms with van der Waals surface area (Å²) in [5.74, 6) is -0.0745. The van der Waals surface area contributed by atoms with Crippen molar-refractivity contribution in [1.82, 2.24) is 10.2 Å². The zero-order valence-corrected chi connectivity index (χ0v) is 11.1. The molecule has 0 saturated carbocycles. The second-order valence-electron chi connectivity index (χ2n) is 4.83. The summed E-state index contributed by atoms with van der Waals surface area (Å²) in [5.41, 5.74) is -0.767. The van der Waals surface area contributed by atoms with Crippen LogP contribution >= 0.6 is 0 Å². The molecule has 0 aromatic carbocycles. The van der Waals surface area contributed by atoms with Gasteiger partial charge in [-0.1, -0.05) is 6.92 Å². The molecule has 5 heteroatoms. The molecule has 0 bridgehead atoms. The van der Waals surface area contributed by atoms with E-state index in [4.69, 9.17) is 4.74 Å². The Bertz CT molecular complexity index is 302. The molecular weight excluding hydrogens is 220 g/mol. The highest BCUT2D eigenvalue weighted by Gasteiger charge is 2.45. The Morgan fingerprint density at radius 2 is 2.06 bits per heavy atom. The van der Waals surface area contributed by atoms with Gasteiger partial charge >= 0.3 is 0 Å². The zero-order valence-electron chi connectivity index (χ0n) is 11.1. The van der Waals surface area contributed by atoms with Crippen molar-refractivity contribution in [1.29, 1.82) is 0 Å². The topological polar surface area (TPSA) is 58.6 Å². The molecule has 1 fully saturated rings. The number of carbonyl (C=O) groups is 2. The summed E-state index contributed by atoms with van der Waals surface area (Å²) < 4.78 is 4.98. The van der Waals surface area contributed by atoms with E-state index in [0.717, 1.165) is 6.42 Å². The van der Waals surface area contributed by atoms with Crippen LogP contribution in [0.15, 0.2) is 0 Å². The standard InChI is InChI=1S/C12H22N2O3/c1-5-9-10(15)14(7-6-8-17-4)12(2,3)11(16)13-9/h9H,5-8H2,1-4H3,(H,13,16).